The maximum Gasteiger partial charge on any atom is 0.229 e. The third kappa shape index (κ3) is 1.48. The van der Waals surface area contributed by atoms with Gasteiger partial charge in [0.25, 0.3) is 0 Å². The van der Waals surface area contributed by atoms with Crippen LogP contribution < -0.4 is 5.32 Å². The number of nitrogens with one attached hydrogen (secondary N) is 1. The molecular formula is C13H14ClN3O. The number of fused-ring (bicyclic) bond motifs is 5. The molecule has 0 radical (unpaired) electrons. The minimum Gasteiger partial charge on any atom is -0.309 e. The lowest BCUT2D eigenvalue weighted by atomic mass is 10.0. The molecule has 3 fully saturated rings. The van der Waals surface area contributed by atoms with Crippen molar-refractivity contribution in [2.24, 2.45) is 29.6 Å². The average molecular weight is 264 g/mol. The zero-order valence-electron chi connectivity index (χ0n) is 9.84. The van der Waals surface area contributed by atoms with E-state index in [0.29, 0.717) is 22.8 Å². The molecular weight excluding hydrogens is 250 g/mol. The van der Waals surface area contributed by atoms with Gasteiger partial charge in [-0.25, -0.2) is 0 Å². The van der Waals surface area contributed by atoms with Crippen LogP contribution in [0.3, 0.4) is 0 Å². The van der Waals surface area contributed by atoms with E-state index in [-0.39, 0.29) is 11.8 Å². The monoisotopic (exact) mass is 263 g/mol. The Labute approximate surface area is 110 Å². The lowest BCUT2D eigenvalue weighted by Gasteiger charge is -2.08. The van der Waals surface area contributed by atoms with Gasteiger partial charge in [0.2, 0.25) is 5.91 Å². The molecule has 1 heterocycles. The second-order valence-electron chi connectivity index (χ2n) is 5.74. The third-order valence-corrected chi connectivity index (χ3v) is 5.12. The van der Waals surface area contributed by atoms with Gasteiger partial charge in [0.15, 0.2) is 11.0 Å². The van der Waals surface area contributed by atoms with Crippen molar-refractivity contribution in [1.29, 1.82) is 0 Å². The van der Waals surface area contributed by atoms with Gasteiger partial charge >= 0.3 is 0 Å². The van der Waals surface area contributed by atoms with Crippen LogP contribution in [0, 0.1) is 29.6 Å². The highest BCUT2D eigenvalue weighted by atomic mass is 35.5. The molecule has 1 N–H and O–H groups in total. The molecule has 4 unspecified atom stereocenters. The second-order valence-corrected chi connectivity index (χ2v) is 6.13. The van der Waals surface area contributed by atoms with Gasteiger partial charge in [-0.2, -0.15) is 0 Å². The van der Waals surface area contributed by atoms with E-state index in [4.69, 9.17) is 11.6 Å². The summed E-state index contributed by atoms with van der Waals surface area (Å²) in [6.07, 6.45) is 4.02. The minimum atomic E-state index is 0.123. The number of carbonyl (C=O) groups excluding carboxylic acids is 1. The Kier molecular flexibility index (Phi) is 2.19. The van der Waals surface area contributed by atoms with Crippen molar-refractivity contribution in [3.63, 3.8) is 0 Å². The van der Waals surface area contributed by atoms with E-state index < -0.39 is 0 Å². The Morgan fingerprint density at radius 1 is 1.22 bits per heavy atom. The molecule has 4 atom stereocenters. The summed E-state index contributed by atoms with van der Waals surface area (Å²) in [5, 5.41) is 10.8. The number of hydrogen-bond acceptors (Lipinski definition) is 3. The molecule has 1 aromatic rings. The van der Waals surface area contributed by atoms with Crippen molar-refractivity contribution in [1.82, 2.24) is 10.2 Å². The molecule has 3 aliphatic carbocycles. The molecule has 3 saturated carbocycles. The molecule has 94 valence electrons. The summed E-state index contributed by atoms with van der Waals surface area (Å²) >= 11 is 5.66. The average Bonchev–Trinajstić information content (AvgIpc) is 2.82. The van der Waals surface area contributed by atoms with Crippen LogP contribution in [0.5, 0.6) is 0 Å². The second kappa shape index (κ2) is 3.67. The first-order valence-electron chi connectivity index (χ1n) is 6.54. The lowest BCUT2D eigenvalue weighted by Crippen LogP contribution is -2.19. The van der Waals surface area contributed by atoms with Gasteiger partial charge in [0, 0.05) is 5.92 Å². The van der Waals surface area contributed by atoms with Gasteiger partial charge in [-0.3, -0.25) is 4.79 Å². The molecule has 3 aliphatic rings. The molecule has 4 nitrogen and oxygen atoms in total. The molecule has 0 aliphatic heterocycles. The summed E-state index contributed by atoms with van der Waals surface area (Å²) in [5.41, 5.74) is 0. The van der Waals surface area contributed by atoms with Crippen molar-refractivity contribution < 1.29 is 4.79 Å². The predicted molar refractivity (Wildman–Crippen MR) is 67.0 cm³/mol. The Morgan fingerprint density at radius 3 is 2.56 bits per heavy atom. The molecule has 2 bridgehead atoms. The van der Waals surface area contributed by atoms with E-state index in [2.05, 4.69) is 15.5 Å². The zero-order chi connectivity index (χ0) is 12.3. The third-order valence-electron chi connectivity index (χ3n) is 4.92. The maximum absolute atomic E-state index is 12.2. The van der Waals surface area contributed by atoms with Crippen LogP contribution in [0.4, 0.5) is 5.82 Å². The first kappa shape index (κ1) is 10.7. The summed E-state index contributed by atoms with van der Waals surface area (Å²) < 4.78 is 0. The highest BCUT2D eigenvalue weighted by molar-refractivity contribution is 6.29. The topological polar surface area (TPSA) is 54.9 Å². The van der Waals surface area contributed by atoms with E-state index in [0.717, 1.165) is 11.8 Å². The fraction of sp³-hybridized carbons (Fsp3) is 0.615. The first-order valence-corrected chi connectivity index (χ1v) is 6.92. The van der Waals surface area contributed by atoms with Gasteiger partial charge in [0.05, 0.1) is 0 Å². The van der Waals surface area contributed by atoms with Crippen LogP contribution >= 0.6 is 11.6 Å². The molecule has 18 heavy (non-hydrogen) atoms. The molecule has 0 saturated heterocycles. The summed E-state index contributed by atoms with van der Waals surface area (Å²) in [5.74, 6) is 3.79. The Bertz CT molecular complexity index is 487. The number of amides is 1. The smallest absolute Gasteiger partial charge is 0.229 e. The first-order chi connectivity index (χ1) is 8.74. The van der Waals surface area contributed by atoms with Gasteiger partial charge in [0.1, 0.15) is 0 Å². The molecule has 5 heteroatoms. The Morgan fingerprint density at radius 2 is 1.94 bits per heavy atom. The number of nitrogens with zero attached hydrogens (tertiary/aromatic N) is 2. The van der Waals surface area contributed by atoms with Crippen LogP contribution in [0.15, 0.2) is 12.1 Å². The molecule has 1 amide bonds. The van der Waals surface area contributed by atoms with Crippen LogP contribution in [-0.2, 0) is 4.79 Å². The van der Waals surface area contributed by atoms with Crippen molar-refractivity contribution in [3.8, 4) is 0 Å². The molecule has 1 aromatic heterocycles. The van der Waals surface area contributed by atoms with E-state index >= 15 is 0 Å². The van der Waals surface area contributed by atoms with Crippen molar-refractivity contribution in [3.05, 3.63) is 17.3 Å². The van der Waals surface area contributed by atoms with E-state index in [9.17, 15) is 4.79 Å². The highest BCUT2D eigenvalue weighted by Crippen LogP contribution is 2.69. The van der Waals surface area contributed by atoms with Crippen molar-refractivity contribution in [2.75, 3.05) is 5.32 Å². The number of rotatable bonds is 2. The van der Waals surface area contributed by atoms with Crippen LogP contribution in [-0.4, -0.2) is 16.1 Å². The fourth-order valence-corrected chi connectivity index (χ4v) is 4.37. The summed E-state index contributed by atoms with van der Waals surface area (Å²) in [6, 6.07) is 3.33. The number of anilines is 1. The van der Waals surface area contributed by atoms with Gasteiger partial charge in [-0.15, -0.1) is 10.2 Å². The van der Waals surface area contributed by atoms with Gasteiger partial charge < -0.3 is 5.32 Å². The number of hydrogen-bond donors (Lipinski definition) is 1. The summed E-state index contributed by atoms with van der Waals surface area (Å²) in [7, 11) is 0. The van der Waals surface area contributed by atoms with E-state index in [1.165, 1.54) is 19.3 Å². The van der Waals surface area contributed by atoms with Gasteiger partial charge in [-0.1, -0.05) is 11.6 Å². The van der Waals surface area contributed by atoms with E-state index in [1.807, 2.05) is 0 Å². The zero-order valence-corrected chi connectivity index (χ0v) is 10.6. The molecule has 0 aromatic carbocycles. The minimum absolute atomic E-state index is 0.123. The Balaban J connectivity index is 1.45. The number of aromatic nitrogens is 2. The summed E-state index contributed by atoms with van der Waals surface area (Å²) in [6.45, 7) is 0. The van der Waals surface area contributed by atoms with E-state index in [1.54, 1.807) is 12.1 Å². The normalized spacial score (nSPS) is 39.5. The maximum atomic E-state index is 12.2. The predicted octanol–water partition coefficient (Wildman–Crippen LogP) is 2.36. The standard InChI is InChI=1S/C13H14ClN3O/c14-8-3-4-9(17-16-8)15-13(18)12-10-6-1-2-7(5-6)11(10)12/h3-4,6-7,10-12H,1-2,5H2,(H,15,17,18). The highest BCUT2D eigenvalue weighted by Gasteiger charge is 2.67. The largest absolute Gasteiger partial charge is 0.309 e. The summed E-state index contributed by atoms with van der Waals surface area (Å²) in [4.78, 5) is 12.2. The lowest BCUT2D eigenvalue weighted by molar-refractivity contribution is -0.118. The Hall–Kier alpha value is -1.16. The number of halogens is 1. The van der Waals surface area contributed by atoms with Crippen LogP contribution in [0.25, 0.3) is 0 Å². The van der Waals surface area contributed by atoms with Crippen molar-refractivity contribution >= 4 is 23.3 Å². The molecule has 0 spiro atoms. The van der Waals surface area contributed by atoms with Crippen LogP contribution in [0.2, 0.25) is 5.15 Å². The quantitative estimate of drug-likeness (QED) is 0.891. The molecule has 4 rings (SSSR count). The van der Waals surface area contributed by atoms with Gasteiger partial charge in [-0.05, 0) is 55.1 Å². The van der Waals surface area contributed by atoms with Crippen LogP contribution in [0.1, 0.15) is 19.3 Å². The fourth-order valence-electron chi connectivity index (χ4n) is 4.27. The van der Waals surface area contributed by atoms with Crippen molar-refractivity contribution in [2.45, 2.75) is 19.3 Å². The SMILES string of the molecule is O=C(Nc1ccc(Cl)nn1)C1C2C3CCC(C3)C12. The number of carbonyl (C=O) groups is 1.